The molecule has 0 bridgehead atoms. The summed E-state index contributed by atoms with van der Waals surface area (Å²) >= 11 is 6.54. The Bertz CT molecular complexity index is 555. The number of nitrogens with two attached hydrogens (primary N) is 1. The number of likely N-dealkylation sites (N-methyl/N-ethyl adjacent to an activating group) is 1. The van der Waals surface area contributed by atoms with Gasteiger partial charge in [0.05, 0.1) is 6.61 Å². The van der Waals surface area contributed by atoms with Gasteiger partial charge in [0.25, 0.3) is 0 Å². The van der Waals surface area contributed by atoms with Crippen LogP contribution in [0.2, 0.25) is 0 Å². The molecule has 1 aromatic rings. The number of benzene rings is 1. The highest BCUT2D eigenvalue weighted by molar-refractivity contribution is 9.11. The van der Waals surface area contributed by atoms with E-state index in [1.165, 1.54) is 4.31 Å². The molecule has 0 aliphatic carbocycles. The van der Waals surface area contributed by atoms with Crippen LogP contribution >= 0.6 is 31.9 Å². The maximum Gasteiger partial charge on any atom is 0.245 e. The summed E-state index contributed by atoms with van der Waals surface area (Å²) < 4.78 is 32.9. The molecule has 114 valence electrons. The van der Waals surface area contributed by atoms with Gasteiger partial charge in [-0.25, -0.2) is 8.42 Å². The summed E-state index contributed by atoms with van der Waals surface area (Å²) in [5.41, 5.74) is 6.18. The SMILES string of the molecule is CCN(C(C)COC)S(=O)(=O)c1c(Br)cc(N)cc1Br. The second-order valence-electron chi connectivity index (χ2n) is 4.33. The number of methoxy groups -OCH3 is 1. The Balaban J connectivity index is 3.35. The lowest BCUT2D eigenvalue weighted by Gasteiger charge is -2.27. The fourth-order valence-corrected chi connectivity index (χ4v) is 6.16. The molecule has 0 fully saturated rings. The van der Waals surface area contributed by atoms with Crippen LogP contribution in [-0.2, 0) is 14.8 Å². The summed E-state index contributed by atoms with van der Waals surface area (Å²) in [5.74, 6) is 0. The molecular formula is C12H18Br2N2O3S. The average molecular weight is 430 g/mol. The van der Waals surface area contributed by atoms with Gasteiger partial charge in [0, 0.05) is 34.3 Å². The zero-order valence-electron chi connectivity index (χ0n) is 11.6. The van der Waals surface area contributed by atoms with Crippen molar-refractivity contribution in [3.8, 4) is 0 Å². The summed E-state index contributed by atoms with van der Waals surface area (Å²) in [7, 11) is -2.10. The number of nitrogens with zero attached hydrogens (tertiary/aromatic N) is 1. The van der Waals surface area contributed by atoms with E-state index in [1.807, 2.05) is 6.92 Å². The average Bonchev–Trinajstić information content (AvgIpc) is 2.27. The monoisotopic (exact) mass is 428 g/mol. The highest BCUT2D eigenvalue weighted by atomic mass is 79.9. The molecule has 20 heavy (non-hydrogen) atoms. The second-order valence-corrected chi connectivity index (χ2v) is 7.86. The third kappa shape index (κ3) is 3.73. The van der Waals surface area contributed by atoms with Gasteiger partial charge in [-0.1, -0.05) is 6.92 Å². The Morgan fingerprint density at radius 3 is 2.25 bits per heavy atom. The van der Waals surface area contributed by atoms with Crippen LogP contribution in [0.15, 0.2) is 26.0 Å². The van der Waals surface area contributed by atoms with Crippen LogP contribution in [0, 0.1) is 0 Å². The molecule has 0 heterocycles. The first kappa shape index (κ1) is 17.9. The molecule has 0 saturated carbocycles. The predicted octanol–water partition coefficient (Wildman–Crippen LogP) is 2.84. The molecule has 0 saturated heterocycles. The van der Waals surface area contributed by atoms with Gasteiger partial charge in [0.1, 0.15) is 4.90 Å². The molecule has 1 atom stereocenters. The van der Waals surface area contributed by atoms with E-state index in [2.05, 4.69) is 31.9 Å². The van der Waals surface area contributed by atoms with Crippen molar-refractivity contribution in [2.24, 2.45) is 0 Å². The topological polar surface area (TPSA) is 72.6 Å². The number of sulfonamides is 1. The van der Waals surface area contributed by atoms with Gasteiger partial charge in [-0.05, 0) is 50.9 Å². The molecular weight excluding hydrogens is 412 g/mol. The maximum absolute atomic E-state index is 12.8. The number of ether oxygens (including phenoxy) is 1. The molecule has 1 rings (SSSR count). The Morgan fingerprint density at radius 2 is 1.85 bits per heavy atom. The van der Waals surface area contributed by atoms with Gasteiger partial charge < -0.3 is 10.5 Å². The smallest absolute Gasteiger partial charge is 0.245 e. The standard InChI is InChI=1S/C12H18Br2N2O3S/c1-4-16(8(2)7-19-3)20(17,18)12-10(13)5-9(15)6-11(12)14/h5-6,8H,4,7,15H2,1-3H3. The van der Waals surface area contributed by atoms with Gasteiger partial charge in [-0.2, -0.15) is 4.31 Å². The van der Waals surface area contributed by atoms with Crippen molar-refractivity contribution in [3.63, 3.8) is 0 Å². The van der Waals surface area contributed by atoms with Crippen molar-refractivity contribution in [3.05, 3.63) is 21.1 Å². The molecule has 2 N–H and O–H groups in total. The Morgan fingerprint density at radius 1 is 1.35 bits per heavy atom. The Hall–Kier alpha value is -0.150. The van der Waals surface area contributed by atoms with Gasteiger partial charge >= 0.3 is 0 Å². The Labute approximate surface area is 136 Å². The summed E-state index contributed by atoms with van der Waals surface area (Å²) in [6, 6.07) is 2.89. The van der Waals surface area contributed by atoms with Crippen molar-refractivity contribution < 1.29 is 13.2 Å². The molecule has 0 amide bonds. The molecule has 0 radical (unpaired) electrons. The van der Waals surface area contributed by atoms with Crippen molar-refractivity contribution in [1.82, 2.24) is 4.31 Å². The van der Waals surface area contributed by atoms with E-state index in [0.717, 1.165) is 0 Å². The number of hydrogen-bond donors (Lipinski definition) is 1. The summed E-state index contributed by atoms with van der Waals surface area (Å²) in [6.07, 6.45) is 0. The number of hydrogen-bond acceptors (Lipinski definition) is 4. The first-order valence-electron chi connectivity index (χ1n) is 6.01. The lowest BCUT2D eigenvalue weighted by molar-refractivity contribution is 0.142. The lowest BCUT2D eigenvalue weighted by Crippen LogP contribution is -2.41. The van der Waals surface area contributed by atoms with Crippen LogP contribution in [0.25, 0.3) is 0 Å². The molecule has 0 aromatic heterocycles. The minimum absolute atomic E-state index is 0.177. The quantitative estimate of drug-likeness (QED) is 0.705. The fourth-order valence-electron chi connectivity index (χ4n) is 1.99. The van der Waals surface area contributed by atoms with E-state index in [0.29, 0.717) is 27.8 Å². The largest absolute Gasteiger partial charge is 0.399 e. The minimum Gasteiger partial charge on any atom is -0.399 e. The minimum atomic E-state index is -3.65. The maximum atomic E-state index is 12.8. The highest BCUT2D eigenvalue weighted by Crippen LogP contribution is 2.34. The van der Waals surface area contributed by atoms with Crippen molar-refractivity contribution in [2.75, 3.05) is 26.0 Å². The van der Waals surface area contributed by atoms with E-state index in [4.69, 9.17) is 10.5 Å². The third-order valence-corrected chi connectivity index (χ3v) is 6.77. The normalized spacial score (nSPS) is 13.7. The van der Waals surface area contributed by atoms with E-state index in [9.17, 15) is 8.42 Å². The summed E-state index contributed by atoms with van der Waals surface area (Å²) in [4.78, 5) is 0.177. The van der Waals surface area contributed by atoms with Crippen LogP contribution in [0.5, 0.6) is 0 Å². The molecule has 1 aromatic carbocycles. The number of nitrogen functional groups attached to an aromatic ring is 1. The molecule has 8 heteroatoms. The van der Waals surface area contributed by atoms with Gasteiger partial charge in [-0.15, -0.1) is 0 Å². The molecule has 0 spiro atoms. The second kappa shape index (κ2) is 7.22. The molecule has 1 unspecified atom stereocenters. The first-order chi connectivity index (χ1) is 9.25. The van der Waals surface area contributed by atoms with E-state index >= 15 is 0 Å². The zero-order valence-corrected chi connectivity index (χ0v) is 15.5. The number of halogens is 2. The third-order valence-electron chi connectivity index (χ3n) is 2.80. The fraction of sp³-hybridized carbons (Fsp3) is 0.500. The van der Waals surface area contributed by atoms with Crippen LogP contribution < -0.4 is 5.73 Å². The van der Waals surface area contributed by atoms with Crippen molar-refractivity contribution >= 4 is 47.6 Å². The van der Waals surface area contributed by atoms with Crippen molar-refractivity contribution in [2.45, 2.75) is 24.8 Å². The summed E-state index contributed by atoms with van der Waals surface area (Å²) in [5, 5.41) is 0. The number of anilines is 1. The number of rotatable bonds is 6. The van der Waals surface area contributed by atoms with Crippen LogP contribution in [-0.4, -0.2) is 39.0 Å². The van der Waals surface area contributed by atoms with Crippen LogP contribution in [0.3, 0.4) is 0 Å². The van der Waals surface area contributed by atoms with E-state index in [1.54, 1.807) is 26.2 Å². The van der Waals surface area contributed by atoms with Gasteiger partial charge in [-0.3, -0.25) is 0 Å². The molecule has 5 nitrogen and oxygen atoms in total. The zero-order chi connectivity index (χ0) is 15.5. The van der Waals surface area contributed by atoms with E-state index in [-0.39, 0.29) is 10.9 Å². The highest BCUT2D eigenvalue weighted by Gasteiger charge is 2.31. The Kier molecular flexibility index (Phi) is 6.46. The lowest BCUT2D eigenvalue weighted by atomic mass is 10.3. The van der Waals surface area contributed by atoms with Gasteiger partial charge in [0.15, 0.2) is 0 Å². The summed E-state index contributed by atoms with van der Waals surface area (Å²) in [6.45, 7) is 4.29. The van der Waals surface area contributed by atoms with Gasteiger partial charge in [0.2, 0.25) is 10.0 Å². The van der Waals surface area contributed by atoms with Crippen LogP contribution in [0.1, 0.15) is 13.8 Å². The van der Waals surface area contributed by atoms with E-state index < -0.39 is 10.0 Å². The molecule has 0 aliphatic rings. The first-order valence-corrected chi connectivity index (χ1v) is 9.03. The molecule has 0 aliphatic heterocycles. The van der Waals surface area contributed by atoms with Crippen molar-refractivity contribution in [1.29, 1.82) is 0 Å². The van der Waals surface area contributed by atoms with Crippen LogP contribution in [0.4, 0.5) is 5.69 Å². The predicted molar refractivity (Wildman–Crippen MR) is 87.2 cm³/mol.